The third-order valence-electron chi connectivity index (χ3n) is 2.92. The maximum absolute atomic E-state index is 12.3. The van der Waals surface area contributed by atoms with Crippen molar-refractivity contribution in [3.63, 3.8) is 0 Å². The van der Waals surface area contributed by atoms with Crippen molar-refractivity contribution in [3.8, 4) is 5.75 Å². The van der Waals surface area contributed by atoms with E-state index in [9.17, 15) is 9.59 Å². The Morgan fingerprint density at radius 1 is 1.14 bits per heavy atom. The fourth-order valence-electron chi connectivity index (χ4n) is 2.07. The molecule has 1 aromatic rings. The molecule has 0 N–H and O–H groups in total. The highest BCUT2D eigenvalue weighted by Crippen LogP contribution is 2.33. The average molecular weight is 293 g/mol. The van der Waals surface area contributed by atoms with E-state index in [-0.39, 0.29) is 0 Å². The molecule has 0 aromatic heterocycles. The molecule has 0 fully saturated rings. The number of ether oxygens (including phenoxy) is 2. The van der Waals surface area contributed by atoms with Crippen molar-refractivity contribution in [2.45, 2.75) is 47.1 Å². The second-order valence-electron chi connectivity index (χ2n) is 5.89. The van der Waals surface area contributed by atoms with Gasteiger partial charge < -0.3 is 9.47 Å². The van der Waals surface area contributed by atoms with Crippen molar-refractivity contribution < 1.29 is 19.1 Å². The van der Waals surface area contributed by atoms with Crippen molar-refractivity contribution in [1.29, 1.82) is 0 Å². The fraction of sp³-hybridized carbons (Fsp3) is 0.500. The van der Waals surface area contributed by atoms with Crippen LogP contribution in [-0.4, -0.2) is 24.7 Å². The lowest BCUT2D eigenvalue weighted by atomic mass is 10.1. The van der Waals surface area contributed by atoms with Gasteiger partial charge in [0, 0.05) is 12.5 Å². The predicted octanol–water partition coefficient (Wildman–Crippen LogP) is 3.60. The lowest BCUT2D eigenvalue weighted by Gasteiger charge is -2.27. The first kappa shape index (κ1) is 17.0. The minimum atomic E-state index is -0.686. The molecule has 116 valence electrons. The van der Waals surface area contributed by atoms with E-state index >= 15 is 0 Å². The summed E-state index contributed by atoms with van der Waals surface area (Å²) in [4.78, 5) is 25.4. The molecule has 0 saturated heterocycles. The van der Waals surface area contributed by atoms with Crippen LogP contribution in [0.4, 0.5) is 10.5 Å². The Kier molecular flexibility index (Phi) is 4.99. The SMILES string of the molecule is COc1ccc(C)c(N(C(C)=O)C(=O)OC(C)(C)C)c1C. The van der Waals surface area contributed by atoms with E-state index in [1.165, 1.54) is 6.92 Å². The molecule has 5 nitrogen and oxygen atoms in total. The van der Waals surface area contributed by atoms with E-state index in [0.29, 0.717) is 11.4 Å². The number of benzene rings is 1. The minimum absolute atomic E-state index is 0.399. The smallest absolute Gasteiger partial charge is 0.421 e. The van der Waals surface area contributed by atoms with E-state index in [1.54, 1.807) is 27.9 Å². The molecule has 0 bridgehead atoms. The Bertz CT molecular complexity index is 558. The first-order valence-corrected chi connectivity index (χ1v) is 6.76. The average Bonchev–Trinajstić information content (AvgIpc) is 2.31. The monoisotopic (exact) mass is 293 g/mol. The second-order valence-corrected chi connectivity index (χ2v) is 5.89. The first-order valence-electron chi connectivity index (χ1n) is 6.76. The summed E-state index contributed by atoms with van der Waals surface area (Å²) in [5.74, 6) is 0.217. The Morgan fingerprint density at radius 2 is 1.71 bits per heavy atom. The molecule has 0 aliphatic heterocycles. The number of amides is 2. The molecule has 0 spiro atoms. The zero-order valence-corrected chi connectivity index (χ0v) is 13.7. The zero-order valence-electron chi connectivity index (χ0n) is 13.7. The van der Waals surface area contributed by atoms with Crippen LogP contribution in [0.25, 0.3) is 0 Å². The number of imide groups is 1. The standard InChI is InChI=1S/C16H23NO4/c1-10-8-9-13(20-7)11(2)14(10)17(12(3)18)15(19)21-16(4,5)6/h8-9H,1-7H3. The number of aryl methyl sites for hydroxylation is 1. The van der Waals surface area contributed by atoms with E-state index in [4.69, 9.17) is 9.47 Å². The molecule has 0 heterocycles. The lowest BCUT2D eigenvalue weighted by Crippen LogP contribution is -2.40. The number of anilines is 1. The number of hydrogen-bond acceptors (Lipinski definition) is 4. The molecule has 5 heteroatoms. The topological polar surface area (TPSA) is 55.8 Å². The first-order chi connectivity index (χ1) is 9.58. The summed E-state index contributed by atoms with van der Waals surface area (Å²) in [7, 11) is 1.55. The molecule has 0 atom stereocenters. The van der Waals surface area contributed by atoms with Crippen molar-refractivity contribution in [2.75, 3.05) is 12.0 Å². The molecule has 21 heavy (non-hydrogen) atoms. The number of methoxy groups -OCH3 is 1. The third kappa shape index (κ3) is 3.97. The largest absolute Gasteiger partial charge is 0.496 e. The molecule has 0 aliphatic rings. The maximum atomic E-state index is 12.3. The van der Waals surface area contributed by atoms with Gasteiger partial charge in [0.05, 0.1) is 12.8 Å². The predicted molar refractivity (Wildman–Crippen MR) is 81.9 cm³/mol. The van der Waals surface area contributed by atoms with Crippen LogP contribution < -0.4 is 9.64 Å². The summed E-state index contributed by atoms with van der Waals surface area (Å²) in [6.07, 6.45) is -0.686. The van der Waals surface area contributed by atoms with Gasteiger partial charge in [0.25, 0.3) is 0 Å². The highest BCUT2D eigenvalue weighted by molar-refractivity contribution is 6.12. The molecule has 0 radical (unpaired) electrons. The summed E-state index contributed by atoms with van der Waals surface area (Å²) < 4.78 is 10.6. The van der Waals surface area contributed by atoms with Crippen LogP contribution in [0.15, 0.2) is 12.1 Å². The van der Waals surface area contributed by atoms with Crippen LogP contribution in [0, 0.1) is 13.8 Å². The van der Waals surface area contributed by atoms with E-state index < -0.39 is 17.6 Å². The number of hydrogen-bond donors (Lipinski definition) is 0. The zero-order chi connectivity index (χ0) is 16.4. The van der Waals surface area contributed by atoms with Crippen LogP contribution in [0.5, 0.6) is 5.75 Å². The molecule has 0 saturated carbocycles. The van der Waals surface area contributed by atoms with Gasteiger partial charge in [-0.25, -0.2) is 9.69 Å². The van der Waals surface area contributed by atoms with Crippen LogP contribution in [0.2, 0.25) is 0 Å². The molecule has 1 aromatic carbocycles. The van der Waals surface area contributed by atoms with E-state index in [0.717, 1.165) is 16.0 Å². The van der Waals surface area contributed by atoms with Gasteiger partial charge in [-0.3, -0.25) is 4.79 Å². The van der Waals surface area contributed by atoms with Crippen LogP contribution in [-0.2, 0) is 9.53 Å². The Labute approximate surface area is 125 Å². The summed E-state index contributed by atoms with van der Waals surface area (Å²) in [6, 6.07) is 3.61. The molecular weight excluding hydrogens is 270 g/mol. The van der Waals surface area contributed by atoms with Gasteiger partial charge in [-0.1, -0.05) is 6.07 Å². The van der Waals surface area contributed by atoms with Gasteiger partial charge in [-0.05, 0) is 46.2 Å². The van der Waals surface area contributed by atoms with Crippen LogP contribution in [0.1, 0.15) is 38.8 Å². The molecule has 0 aliphatic carbocycles. The Balaban J connectivity index is 3.37. The summed E-state index contributed by atoms with van der Waals surface area (Å²) in [6.45, 7) is 10.3. The van der Waals surface area contributed by atoms with Crippen molar-refractivity contribution >= 4 is 17.7 Å². The normalized spacial score (nSPS) is 11.0. The second kappa shape index (κ2) is 6.16. The van der Waals surface area contributed by atoms with Crippen molar-refractivity contribution in [1.82, 2.24) is 0 Å². The number of nitrogens with zero attached hydrogens (tertiary/aromatic N) is 1. The molecule has 2 amide bonds. The Hall–Kier alpha value is -2.04. The highest BCUT2D eigenvalue weighted by Gasteiger charge is 2.29. The van der Waals surface area contributed by atoms with Gasteiger partial charge in [-0.15, -0.1) is 0 Å². The fourth-order valence-corrected chi connectivity index (χ4v) is 2.07. The van der Waals surface area contributed by atoms with E-state index in [2.05, 4.69) is 0 Å². The van der Waals surface area contributed by atoms with Gasteiger partial charge in [0.2, 0.25) is 5.91 Å². The van der Waals surface area contributed by atoms with Crippen LogP contribution >= 0.6 is 0 Å². The van der Waals surface area contributed by atoms with Crippen molar-refractivity contribution in [2.24, 2.45) is 0 Å². The lowest BCUT2D eigenvalue weighted by molar-refractivity contribution is -0.116. The van der Waals surface area contributed by atoms with Gasteiger partial charge >= 0.3 is 6.09 Å². The summed E-state index contributed by atoms with van der Waals surface area (Å²) >= 11 is 0. The minimum Gasteiger partial charge on any atom is -0.496 e. The third-order valence-corrected chi connectivity index (χ3v) is 2.92. The Morgan fingerprint density at radius 3 is 2.14 bits per heavy atom. The molecule has 1 rings (SSSR count). The maximum Gasteiger partial charge on any atom is 0.421 e. The van der Waals surface area contributed by atoms with Gasteiger partial charge in [-0.2, -0.15) is 0 Å². The van der Waals surface area contributed by atoms with Gasteiger partial charge in [0.1, 0.15) is 11.4 Å². The highest BCUT2D eigenvalue weighted by atomic mass is 16.6. The number of carbonyl (C=O) groups is 2. The molecule has 0 unspecified atom stereocenters. The van der Waals surface area contributed by atoms with Gasteiger partial charge in [0.15, 0.2) is 0 Å². The van der Waals surface area contributed by atoms with Crippen molar-refractivity contribution in [3.05, 3.63) is 23.3 Å². The number of carbonyl (C=O) groups excluding carboxylic acids is 2. The summed E-state index contributed by atoms with van der Waals surface area (Å²) in [5, 5.41) is 0. The molecular formula is C16H23NO4. The summed E-state index contributed by atoms with van der Waals surface area (Å²) in [5.41, 5.74) is 1.36. The quantitative estimate of drug-likeness (QED) is 0.836. The van der Waals surface area contributed by atoms with Crippen LogP contribution in [0.3, 0.4) is 0 Å². The van der Waals surface area contributed by atoms with E-state index in [1.807, 2.05) is 26.0 Å². The number of rotatable bonds is 2.